The molecule has 0 radical (unpaired) electrons. The molecule has 2 aromatic rings. The van der Waals surface area contributed by atoms with Crippen molar-refractivity contribution in [1.82, 2.24) is 0 Å². The number of rotatable bonds is 3. The molecule has 0 aliphatic carbocycles. The molecule has 3 N–H and O–H groups in total. The SMILES string of the molecule is COc1ccc(Nc2cc(F)c(F)cc2F)c(N)c1. The summed E-state index contributed by atoms with van der Waals surface area (Å²) in [5, 5.41) is 2.60. The second-order valence-corrected chi connectivity index (χ2v) is 3.82. The lowest BCUT2D eigenvalue weighted by Gasteiger charge is -2.11. The number of methoxy groups -OCH3 is 1. The van der Waals surface area contributed by atoms with Crippen LogP contribution >= 0.6 is 0 Å². The van der Waals surface area contributed by atoms with E-state index in [1.165, 1.54) is 13.2 Å². The molecule has 0 fully saturated rings. The first-order valence-electron chi connectivity index (χ1n) is 5.36. The van der Waals surface area contributed by atoms with Crippen molar-refractivity contribution in [2.45, 2.75) is 0 Å². The van der Waals surface area contributed by atoms with E-state index in [-0.39, 0.29) is 5.69 Å². The van der Waals surface area contributed by atoms with Crippen LogP contribution in [0.2, 0.25) is 0 Å². The summed E-state index contributed by atoms with van der Waals surface area (Å²) in [6.07, 6.45) is 0. The standard InChI is InChI=1S/C13H11F3N2O/c1-19-7-2-3-12(11(17)4-7)18-13-6-9(15)8(14)5-10(13)16/h2-6,18H,17H2,1H3. The van der Waals surface area contributed by atoms with Crippen LogP contribution in [0.3, 0.4) is 0 Å². The fourth-order valence-corrected chi connectivity index (χ4v) is 1.55. The van der Waals surface area contributed by atoms with Crippen LogP contribution in [0.1, 0.15) is 0 Å². The molecule has 3 nitrogen and oxygen atoms in total. The number of hydrogen-bond donors (Lipinski definition) is 2. The molecule has 0 atom stereocenters. The molecule has 0 bridgehead atoms. The van der Waals surface area contributed by atoms with Crippen LogP contribution in [0.4, 0.5) is 30.2 Å². The minimum atomic E-state index is -1.24. The predicted molar refractivity (Wildman–Crippen MR) is 67.0 cm³/mol. The fraction of sp³-hybridized carbons (Fsp3) is 0.0769. The number of anilines is 3. The van der Waals surface area contributed by atoms with Gasteiger partial charge < -0.3 is 15.8 Å². The lowest BCUT2D eigenvalue weighted by Crippen LogP contribution is -2.00. The summed E-state index contributed by atoms with van der Waals surface area (Å²) in [5.74, 6) is -2.76. The van der Waals surface area contributed by atoms with Gasteiger partial charge in [-0.05, 0) is 12.1 Å². The maximum Gasteiger partial charge on any atom is 0.161 e. The summed E-state index contributed by atoms with van der Waals surface area (Å²) in [6.45, 7) is 0. The van der Waals surface area contributed by atoms with Gasteiger partial charge in [0, 0.05) is 18.2 Å². The van der Waals surface area contributed by atoms with Crippen LogP contribution in [-0.4, -0.2) is 7.11 Å². The lowest BCUT2D eigenvalue weighted by atomic mass is 10.2. The Balaban J connectivity index is 2.33. The normalized spacial score (nSPS) is 10.3. The predicted octanol–water partition coefficient (Wildman–Crippen LogP) is 3.44. The zero-order valence-electron chi connectivity index (χ0n) is 10.0. The molecular weight excluding hydrogens is 257 g/mol. The van der Waals surface area contributed by atoms with Crippen LogP contribution in [0.15, 0.2) is 30.3 Å². The van der Waals surface area contributed by atoms with Crippen molar-refractivity contribution in [2.75, 3.05) is 18.2 Å². The van der Waals surface area contributed by atoms with Gasteiger partial charge in [-0.15, -0.1) is 0 Å². The van der Waals surface area contributed by atoms with Gasteiger partial charge in [0.2, 0.25) is 0 Å². The second-order valence-electron chi connectivity index (χ2n) is 3.82. The van der Waals surface area contributed by atoms with Gasteiger partial charge in [-0.25, -0.2) is 13.2 Å². The number of nitrogens with two attached hydrogens (primary N) is 1. The van der Waals surface area contributed by atoms with Gasteiger partial charge in [-0.1, -0.05) is 0 Å². The average molecular weight is 268 g/mol. The largest absolute Gasteiger partial charge is 0.497 e. The minimum Gasteiger partial charge on any atom is -0.497 e. The van der Waals surface area contributed by atoms with E-state index in [0.29, 0.717) is 23.2 Å². The quantitative estimate of drug-likeness (QED) is 0.662. The lowest BCUT2D eigenvalue weighted by molar-refractivity contribution is 0.415. The fourth-order valence-electron chi connectivity index (χ4n) is 1.55. The van der Waals surface area contributed by atoms with Crippen LogP contribution in [0, 0.1) is 17.5 Å². The Morgan fingerprint density at radius 1 is 0.947 bits per heavy atom. The van der Waals surface area contributed by atoms with E-state index in [9.17, 15) is 13.2 Å². The van der Waals surface area contributed by atoms with Gasteiger partial charge in [0.1, 0.15) is 11.6 Å². The molecule has 0 amide bonds. The molecule has 0 aliphatic heterocycles. The van der Waals surface area contributed by atoms with Crippen LogP contribution < -0.4 is 15.8 Å². The molecule has 0 spiro atoms. The molecule has 2 rings (SSSR count). The van der Waals surface area contributed by atoms with Crippen molar-refractivity contribution in [1.29, 1.82) is 0 Å². The zero-order chi connectivity index (χ0) is 14.0. The highest BCUT2D eigenvalue weighted by atomic mass is 19.2. The first kappa shape index (κ1) is 13.1. The second kappa shape index (κ2) is 5.09. The summed E-state index contributed by atoms with van der Waals surface area (Å²) in [7, 11) is 1.48. The molecule has 19 heavy (non-hydrogen) atoms. The van der Waals surface area contributed by atoms with Crippen LogP contribution in [0.5, 0.6) is 5.75 Å². The van der Waals surface area contributed by atoms with Crippen molar-refractivity contribution in [2.24, 2.45) is 0 Å². The van der Waals surface area contributed by atoms with Crippen LogP contribution in [-0.2, 0) is 0 Å². The molecule has 0 saturated heterocycles. The Bertz CT molecular complexity index is 617. The van der Waals surface area contributed by atoms with Gasteiger partial charge in [0.05, 0.1) is 24.2 Å². The van der Waals surface area contributed by atoms with E-state index >= 15 is 0 Å². The first-order chi connectivity index (χ1) is 9.01. The molecule has 0 aromatic heterocycles. The van der Waals surface area contributed by atoms with Crippen molar-refractivity contribution in [3.8, 4) is 5.75 Å². The summed E-state index contributed by atoms with van der Waals surface area (Å²) in [6, 6.07) is 5.89. The van der Waals surface area contributed by atoms with Crippen molar-refractivity contribution >= 4 is 17.1 Å². The summed E-state index contributed by atoms with van der Waals surface area (Å²) in [4.78, 5) is 0. The van der Waals surface area contributed by atoms with Crippen LogP contribution in [0.25, 0.3) is 0 Å². The van der Waals surface area contributed by atoms with E-state index < -0.39 is 17.5 Å². The summed E-state index contributed by atoms with van der Waals surface area (Å²) >= 11 is 0. The molecule has 0 saturated carbocycles. The third-order valence-electron chi connectivity index (χ3n) is 2.54. The van der Waals surface area contributed by atoms with E-state index in [1.54, 1.807) is 12.1 Å². The maximum absolute atomic E-state index is 13.5. The highest BCUT2D eigenvalue weighted by Gasteiger charge is 2.11. The summed E-state index contributed by atoms with van der Waals surface area (Å²) in [5.41, 5.74) is 6.19. The maximum atomic E-state index is 13.5. The Morgan fingerprint density at radius 2 is 1.63 bits per heavy atom. The van der Waals surface area contributed by atoms with Gasteiger partial charge in [-0.2, -0.15) is 0 Å². The third kappa shape index (κ3) is 2.73. The smallest absolute Gasteiger partial charge is 0.161 e. The van der Waals surface area contributed by atoms with Crippen molar-refractivity contribution < 1.29 is 17.9 Å². The minimum absolute atomic E-state index is 0.198. The molecular formula is C13H11F3N2O. The molecule has 0 aliphatic rings. The molecule has 0 unspecified atom stereocenters. The number of nitrogen functional groups attached to an aromatic ring is 1. The van der Waals surface area contributed by atoms with E-state index in [0.717, 1.165) is 6.07 Å². The highest BCUT2D eigenvalue weighted by molar-refractivity contribution is 5.74. The first-order valence-corrected chi connectivity index (χ1v) is 5.36. The Labute approximate surface area is 107 Å². The van der Waals surface area contributed by atoms with E-state index in [4.69, 9.17) is 10.5 Å². The highest BCUT2D eigenvalue weighted by Crippen LogP contribution is 2.29. The number of ether oxygens (including phenoxy) is 1. The monoisotopic (exact) mass is 268 g/mol. The number of hydrogen-bond acceptors (Lipinski definition) is 3. The molecule has 6 heteroatoms. The van der Waals surface area contributed by atoms with Gasteiger partial charge in [0.15, 0.2) is 11.6 Å². The van der Waals surface area contributed by atoms with Gasteiger partial charge in [0.25, 0.3) is 0 Å². The number of halogens is 3. The van der Waals surface area contributed by atoms with Crippen molar-refractivity contribution in [3.05, 3.63) is 47.8 Å². The molecule has 2 aromatic carbocycles. The number of benzene rings is 2. The van der Waals surface area contributed by atoms with Gasteiger partial charge >= 0.3 is 0 Å². The van der Waals surface area contributed by atoms with E-state index in [1.807, 2.05) is 0 Å². The average Bonchev–Trinajstić information content (AvgIpc) is 2.38. The third-order valence-corrected chi connectivity index (χ3v) is 2.54. The Kier molecular flexibility index (Phi) is 3.50. The zero-order valence-corrected chi connectivity index (χ0v) is 10.0. The number of nitrogens with one attached hydrogen (secondary N) is 1. The topological polar surface area (TPSA) is 47.3 Å². The molecule has 0 heterocycles. The summed E-state index contributed by atoms with van der Waals surface area (Å²) < 4.78 is 44.3. The van der Waals surface area contributed by atoms with Crippen molar-refractivity contribution in [3.63, 3.8) is 0 Å². The Morgan fingerprint density at radius 3 is 2.26 bits per heavy atom. The van der Waals surface area contributed by atoms with E-state index in [2.05, 4.69) is 5.32 Å². The van der Waals surface area contributed by atoms with Gasteiger partial charge in [-0.3, -0.25) is 0 Å². The molecule has 100 valence electrons. The Hall–Kier alpha value is -2.37.